The smallest absolute Gasteiger partial charge is 0.310 e. The third-order valence-electron chi connectivity index (χ3n) is 3.51. The minimum atomic E-state index is -0.794. The highest BCUT2D eigenvalue weighted by Gasteiger charge is 2.19. The monoisotopic (exact) mass is 267 g/mol. The van der Waals surface area contributed by atoms with Crippen LogP contribution in [0.4, 0.5) is 0 Å². The zero-order valence-electron chi connectivity index (χ0n) is 11.2. The molecule has 0 aliphatic rings. The number of hydrogen-bond donors (Lipinski definition) is 1. The van der Waals surface area contributed by atoms with E-state index in [-0.39, 0.29) is 0 Å². The van der Waals surface area contributed by atoms with Gasteiger partial charge >= 0.3 is 5.97 Å². The first-order valence-electron chi connectivity index (χ1n) is 6.81. The fourth-order valence-electron chi connectivity index (χ4n) is 2.41. The van der Waals surface area contributed by atoms with Gasteiger partial charge in [-0.05, 0) is 29.2 Å². The van der Waals surface area contributed by atoms with Gasteiger partial charge in [0.15, 0.2) is 0 Å². The summed E-state index contributed by atoms with van der Waals surface area (Å²) in [7, 11) is 0. The number of rotatable bonds is 6. The molecule has 0 bridgehead atoms. The van der Waals surface area contributed by atoms with E-state index in [4.69, 9.17) is 5.26 Å². The fraction of sp³-hybridized carbons (Fsp3) is 0.294. The minimum Gasteiger partial charge on any atom is -0.481 e. The molecule has 1 unspecified atom stereocenters. The molecule has 0 radical (unpaired) electrons. The van der Waals surface area contributed by atoms with Crippen LogP contribution < -0.4 is 0 Å². The third kappa shape index (κ3) is 3.36. The molecule has 2 aromatic carbocycles. The summed E-state index contributed by atoms with van der Waals surface area (Å²) >= 11 is 0. The average molecular weight is 267 g/mol. The number of unbranched alkanes of at least 4 members (excludes halogenated alkanes) is 2. The van der Waals surface area contributed by atoms with Crippen LogP contribution in [0.25, 0.3) is 10.8 Å². The molecule has 1 N–H and O–H groups in total. The Bertz CT molecular complexity index is 643. The van der Waals surface area contributed by atoms with Gasteiger partial charge in [0.2, 0.25) is 0 Å². The molecule has 0 saturated carbocycles. The van der Waals surface area contributed by atoms with E-state index >= 15 is 0 Å². The molecular formula is C17H17NO2. The Kier molecular flexibility index (Phi) is 4.73. The van der Waals surface area contributed by atoms with Crippen molar-refractivity contribution >= 4 is 16.7 Å². The Labute approximate surface area is 118 Å². The topological polar surface area (TPSA) is 61.1 Å². The molecule has 102 valence electrons. The molecule has 3 heteroatoms. The standard InChI is InChI=1S/C17H17NO2/c18-11-5-1-2-8-16(17(19)20)15-10-9-13-6-3-4-7-14(13)12-15/h3-4,6-7,9-10,12,16H,1-2,5,8H2,(H,19,20). The molecule has 2 aromatic rings. The van der Waals surface area contributed by atoms with E-state index in [1.807, 2.05) is 42.5 Å². The van der Waals surface area contributed by atoms with E-state index in [0.717, 1.165) is 29.2 Å². The summed E-state index contributed by atoms with van der Waals surface area (Å²) in [5.74, 6) is -1.28. The van der Waals surface area contributed by atoms with Gasteiger partial charge < -0.3 is 5.11 Å². The van der Waals surface area contributed by atoms with Gasteiger partial charge in [-0.15, -0.1) is 0 Å². The number of carbonyl (C=O) groups is 1. The lowest BCUT2D eigenvalue weighted by Crippen LogP contribution is -2.11. The van der Waals surface area contributed by atoms with Crippen molar-refractivity contribution < 1.29 is 9.90 Å². The van der Waals surface area contributed by atoms with Crippen LogP contribution in [0.1, 0.15) is 37.2 Å². The van der Waals surface area contributed by atoms with Crippen molar-refractivity contribution in [1.82, 2.24) is 0 Å². The zero-order chi connectivity index (χ0) is 14.4. The van der Waals surface area contributed by atoms with E-state index < -0.39 is 11.9 Å². The minimum absolute atomic E-state index is 0.488. The van der Waals surface area contributed by atoms with Crippen molar-refractivity contribution in [1.29, 1.82) is 5.26 Å². The average Bonchev–Trinajstić information content (AvgIpc) is 2.46. The molecule has 0 spiro atoms. The second-order valence-corrected chi connectivity index (χ2v) is 4.90. The van der Waals surface area contributed by atoms with Gasteiger partial charge in [-0.25, -0.2) is 0 Å². The summed E-state index contributed by atoms with van der Waals surface area (Å²) in [5.41, 5.74) is 0.841. The van der Waals surface area contributed by atoms with Gasteiger partial charge in [-0.2, -0.15) is 5.26 Å². The maximum absolute atomic E-state index is 11.4. The highest BCUT2D eigenvalue weighted by Crippen LogP contribution is 2.26. The predicted octanol–water partition coefficient (Wildman–Crippen LogP) is 4.09. The molecule has 0 fully saturated rings. The summed E-state index contributed by atoms with van der Waals surface area (Å²) in [6.45, 7) is 0. The number of fused-ring (bicyclic) bond motifs is 1. The van der Waals surface area contributed by atoms with E-state index in [9.17, 15) is 9.90 Å². The van der Waals surface area contributed by atoms with Crippen LogP contribution in [0.5, 0.6) is 0 Å². The van der Waals surface area contributed by atoms with Crippen molar-refractivity contribution in [2.75, 3.05) is 0 Å². The molecule has 20 heavy (non-hydrogen) atoms. The van der Waals surface area contributed by atoms with Gasteiger partial charge in [0.25, 0.3) is 0 Å². The van der Waals surface area contributed by atoms with E-state index in [1.54, 1.807) is 0 Å². The van der Waals surface area contributed by atoms with E-state index in [0.29, 0.717) is 12.8 Å². The van der Waals surface area contributed by atoms with Crippen molar-refractivity contribution in [3.8, 4) is 6.07 Å². The molecule has 0 saturated heterocycles. The first-order valence-corrected chi connectivity index (χ1v) is 6.81. The summed E-state index contributed by atoms with van der Waals surface area (Å²) in [5, 5.41) is 20.1. The van der Waals surface area contributed by atoms with Crippen LogP contribution in [0.3, 0.4) is 0 Å². The van der Waals surface area contributed by atoms with Gasteiger partial charge in [-0.1, -0.05) is 48.9 Å². The number of carboxylic acids is 1. The first kappa shape index (κ1) is 14.1. The lowest BCUT2D eigenvalue weighted by atomic mass is 9.91. The van der Waals surface area contributed by atoms with Crippen molar-refractivity contribution in [2.24, 2.45) is 0 Å². The second kappa shape index (κ2) is 6.72. The lowest BCUT2D eigenvalue weighted by Gasteiger charge is -2.13. The molecule has 0 aliphatic heterocycles. The third-order valence-corrected chi connectivity index (χ3v) is 3.51. The van der Waals surface area contributed by atoms with Gasteiger partial charge in [-0.3, -0.25) is 4.79 Å². The van der Waals surface area contributed by atoms with E-state index in [1.165, 1.54) is 0 Å². The Morgan fingerprint density at radius 3 is 2.60 bits per heavy atom. The van der Waals surface area contributed by atoms with Gasteiger partial charge in [0.05, 0.1) is 12.0 Å². The number of carboxylic acid groups (broad SMARTS) is 1. The Hall–Kier alpha value is -2.34. The predicted molar refractivity (Wildman–Crippen MR) is 78.4 cm³/mol. The zero-order valence-corrected chi connectivity index (χ0v) is 11.2. The molecule has 0 heterocycles. The van der Waals surface area contributed by atoms with Crippen molar-refractivity contribution in [2.45, 2.75) is 31.6 Å². The molecule has 0 amide bonds. The van der Waals surface area contributed by atoms with Crippen LogP contribution >= 0.6 is 0 Å². The molecule has 3 nitrogen and oxygen atoms in total. The van der Waals surface area contributed by atoms with Crippen LogP contribution in [-0.4, -0.2) is 11.1 Å². The number of nitriles is 1. The van der Waals surface area contributed by atoms with Crippen molar-refractivity contribution in [3.63, 3.8) is 0 Å². The maximum Gasteiger partial charge on any atom is 0.310 e. The molecule has 1 atom stereocenters. The van der Waals surface area contributed by atoms with Crippen LogP contribution in [-0.2, 0) is 4.79 Å². The summed E-state index contributed by atoms with van der Waals surface area (Å²) < 4.78 is 0. The highest BCUT2D eigenvalue weighted by molar-refractivity contribution is 5.85. The highest BCUT2D eigenvalue weighted by atomic mass is 16.4. The summed E-state index contributed by atoms with van der Waals surface area (Å²) in [6, 6.07) is 15.8. The number of hydrogen-bond acceptors (Lipinski definition) is 2. The lowest BCUT2D eigenvalue weighted by molar-refractivity contribution is -0.139. The number of nitrogens with zero attached hydrogens (tertiary/aromatic N) is 1. The number of benzene rings is 2. The molecular weight excluding hydrogens is 250 g/mol. The van der Waals surface area contributed by atoms with Crippen molar-refractivity contribution in [3.05, 3.63) is 48.0 Å². The second-order valence-electron chi connectivity index (χ2n) is 4.90. The summed E-state index contributed by atoms with van der Waals surface area (Å²) in [6.07, 6.45) is 2.59. The Balaban J connectivity index is 2.18. The maximum atomic E-state index is 11.4. The quantitative estimate of drug-likeness (QED) is 0.802. The number of aliphatic carboxylic acids is 1. The van der Waals surface area contributed by atoms with Crippen LogP contribution in [0.2, 0.25) is 0 Å². The summed E-state index contributed by atoms with van der Waals surface area (Å²) in [4.78, 5) is 11.4. The van der Waals surface area contributed by atoms with E-state index in [2.05, 4.69) is 6.07 Å². The molecule has 0 aromatic heterocycles. The molecule has 0 aliphatic carbocycles. The van der Waals surface area contributed by atoms with Gasteiger partial charge in [0, 0.05) is 6.42 Å². The largest absolute Gasteiger partial charge is 0.481 e. The fourth-order valence-corrected chi connectivity index (χ4v) is 2.41. The first-order chi connectivity index (χ1) is 9.72. The molecule has 2 rings (SSSR count). The Morgan fingerprint density at radius 1 is 1.15 bits per heavy atom. The SMILES string of the molecule is N#CCCCCC(C(=O)O)c1ccc2ccccc2c1. The Morgan fingerprint density at radius 2 is 1.90 bits per heavy atom. The van der Waals surface area contributed by atoms with Crippen LogP contribution in [0, 0.1) is 11.3 Å². The van der Waals surface area contributed by atoms with Gasteiger partial charge in [0.1, 0.15) is 0 Å². The normalized spacial score (nSPS) is 11.9. The van der Waals surface area contributed by atoms with Crippen LogP contribution in [0.15, 0.2) is 42.5 Å².